The van der Waals surface area contributed by atoms with Gasteiger partial charge in [-0.1, -0.05) is 35.1 Å². The number of hydrogen-bond acceptors (Lipinski definition) is 5. The highest BCUT2D eigenvalue weighted by Crippen LogP contribution is 2.39. The number of ether oxygens (including phenoxy) is 1. The summed E-state index contributed by atoms with van der Waals surface area (Å²) in [5.74, 6) is 0.778. The van der Waals surface area contributed by atoms with Gasteiger partial charge in [-0.25, -0.2) is 4.98 Å². The first-order valence-corrected chi connectivity index (χ1v) is 9.55. The summed E-state index contributed by atoms with van der Waals surface area (Å²) in [5.41, 5.74) is 3.46. The van der Waals surface area contributed by atoms with E-state index >= 15 is 0 Å². The molecule has 6 heteroatoms. The third-order valence-corrected chi connectivity index (χ3v) is 6.16. The molecule has 0 amide bonds. The number of piperazine rings is 1. The molecule has 0 N–H and O–H groups in total. The summed E-state index contributed by atoms with van der Waals surface area (Å²) >= 11 is 7.99. The Morgan fingerprint density at radius 3 is 2.56 bits per heavy atom. The molecule has 0 spiro atoms. The Morgan fingerprint density at radius 1 is 1.08 bits per heavy atom. The van der Waals surface area contributed by atoms with Crippen LogP contribution in [0.4, 0.5) is 10.8 Å². The van der Waals surface area contributed by atoms with Crippen molar-refractivity contribution in [3.8, 4) is 5.75 Å². The van der Waals surface area contributed by atoms with E-state index in [-0.39, 0.29) is 0 Å². The van der Waals surface area contributed by atoms with E-state index < -0.39 is 0 Å². The molecule has 4 nitrogen and oxygen atoms in total. The minimum absolute atomic E-state index is 0.734. The standard InChI is InChI=1S/C19H20ClN3OS/c1-13-4-3-5-14(12-13)22-8-10-23(11-9-22)19-21-17-16(24-2)7-6-15(20)18(17)25-19/h3-7,12H,8-11H2,1-2H3. The molecule has 4 rings (SSSR count). The van der Waals surface area contributed by atoms with Crippen LogP contribution in [0, 0.1) is 6.92 Å². The molecule has 1 aliphatic heterocycles. The van der Waals surface area contributed by atoms with Crippen molar-refractivity contribution in [3.63, 3.8) is 0 Å². The quantitative estimate of drug-likeness (QED) is 0.671. The molecule has 1 aromatic heterocycles. The number of aryl methyl sites for hydroxylation is 1. The first-order chi connectivity index (χ1) is 12.2. The number of thiazole rings is 1. The van der Waals surface area contributed by atoms with Crippen LogP contribution < -0.4 is 14.5 Å². The third-order valence-electron chi connectivity index (χ3n) is 4.58. The average molecular weight is 374 g/mol. The molecule has 1 saturated heterocycles. The number of halogens is 1. The summed E-state index contributed by atoms with van der Waals surface area (Å²) in [4.78, 5) is 9.57. The lowest BCUT2D eigenvalue weighted by molar-refractivity contribution is 0.419. The van der Waals surface area contributed by atoms with Gasteiger partial charge in [-0.3, -0.25) is 0 Å². The number of methoxy groups -OCH3 is 1. The van der Waals surface area contributed by atoms with Crippen molar-refractivity contribution in [2.75, 3.05) is 43.1 Å². The molecule has 2 aromatic carbocycles. The van der Waals surface area contributed by atoms with E-state index in [1.54, 1.807) is 18.4 Å². The molecule has 0 bridgehead atoms. The fourth-order valence-corrected chi connectivity index (χ4v) is 4.53. The van der Waals surface area contributed by atoms with Crippen LogP contribution in [-0.2, 0) is 0 Å². The number of hydrogen-bond donors (Lipinski definition) is 0. The topological polar surface area (TPSA) is 28.6 Å². The van der Waals surface area contributed by atoms with E-state index in [9.17, 15) is 0 Å². The van der Waals surface area contributed by atoms with Gasteiger partial charge in [-0.15, -0.1) is 0 Å². The van der Waals surface area contributed by atoms with Crippen molar-refractivity contribution in [3.05, 3.63) is 47.0 Å². The van der Waals surface area contributed by atoms with E-state index in [1.807, 2.05) is 12.1 Å². The van der Waals surface area contributed by atoms with Crippen LogP contribution >= 0.6 is 22.9 Å². The summed E-state index contributed by atoms with van der Waals surface area (Å²) in [5, 5.41) is 1.75. The first kappa shape index (κ1) is 16.5. The first-order valence-electron chi connectivity index (χ1n) is 8.35. The molecule has 130 valence electrons. The molecule has 1 fully saturated rings. The maximum Gasteiger partial charge on any atom is 0.186 e. The van der Waals surface area contributed by atoms with Gasteiger partial charge in [0.2, 0.25) is 0 Å². The molecular weight excluding hydrogens is 354 g/mol. The van der Waals surface area contributed by atoms with Gasteiger partial charge in [0, 0.05) is 31.9 Å². The predicted octanol–water partition coefficient (Wildman–Crippen LogP) is 4.59. The van der Waals surface area contributed by atoms with Crippen LogP contribution in [-0.4, -0.2) is 38.3 Å². The summed E-state index contributed by atoms with van der Waals surface area (Å²) < 4.78 is 6.43. The Hall–Kier alpha value is -1.98. The summed E-state index contributed by atoms with van der Waals surface area (Å²) in [6.45, 7) is 6.02. The number of rotatable bonds is 3. The monoisotopic (exact) mass is 373 g/mol. The highest BCUT2D eigenvalue weighted by Gasteiger charge is 2.21. The normalized spacial score (nSPS) is 15.0. The Labute approximate surface area is 156 Å². The molecule has 0 radical (unpaired) electrons. The zero-order chi connectivity index (χ0) is 17.4. The van der Waals surface area contributed by atoms with E-state index in [1.165, 1.54) is 11.3 Å². The minimum atomic E-state index is 0.734. The minimum Gasteiger partial charge on any atom is -0.494 e. The fourth-order valence-electron chi connectivity index (χ4n) is 3.22. The number of benzene rings is 2. The number of fused-ring (bicyclic) bond motifs is 1. The Balaban J connectivity index is 1.55. The molecule has 2 heterocycles. The maximum absolute atomic E-state index is 6.34. The van der Waals surface area contributed by atoms with Crippen LogP contribution in [0.1, 0.15) is 5.56 Å². The average Bonchev–Trinajstić information content (AvgIpc) is 3.09. The zero-order valence-electron chi connectivity index (χ0n) is 14.3. The predicted molar refractivity (Wildman–Crippen MR) is 107 cm³/mol. The second-order valence-electron chi connectivity index (χ2n) is 6.24. The smallest absolute Gasteiger partial charge is 0.186 e. The number of anilines is 2. The molecule has 0 aliphatic carbocycles. The van der Waals surface area contributed by atoms with Crippen LogP contribution in [0.3, 0.4) is 0 Å². The van der Waals surface area contributed by atoms with Gasteiger partial charge in [-0.2, -0.15) is 0 Å². The van der Waals surface area contributed by atoms with Gasteiger partial charge in [0.25, 0.3) is 0 Å². The highest BCUT2D eigenvalue weighted by atomic mass is 35.5. The van der Waals surface area contributed by atoms with Crippen molar-refractivity contribution >= 4 is 44.0 Å². The summed E-state index contributed by atoms with van der Waals surface area (Å²) in [6.07, 6.45) is 0. The van der Waals surface area contributed by atoms with Crippen LogP contribution in [0.15, 0.2) is 36.4 Å². The second-order valence-corrected chi connectivity index (χ2v) is 7.62. The molecule has 25 heavy (non-hydrogen) atoms. The second kappa shape index (κ2) is 6.73. The molecular formula is C19H20ClN3OS. The van der Waals surface area contributed by atoms with E-state index in [2.05, 4.69) is 41.0 Å². The van der Waals surface area contributed by atoms with Crippen LogP contribution in [0.25, 0.3) is 10.2 Å². The van der Waals surface area contributed by atoms with Crippen molar-refractivity contribution < 1.29 is 4.74 Å². The van der Waals surface area contributed by atoms with Gasteiger partial charge in [0.05, 0.1) is 16.8 Å². The molecule has 3 aromatic rings. The van der Waals surface area contributed by atoms with Crippen molar-refractivity contribution in [2.45, 2.75) is 6.92 Å². The van der Waals surface area contributed by atoms with Gasteiger partial charge in [0.15, 0.2) is 5.13 Å². The Morgan fingerprint density at radius 2 is 1.84 bits per heavy atom. The molecule has 0 unspecified atom stereocenters. The lowest BCUT2D eigenvalue weighted by atomic mass is 10.2. The van der Waals surface area contributed by atoms with Gasteiger partial charge < -0.3 is 14.5 Å². The van der Waals surface area contributed by atoms with Crippen molar-refractivity contribution in [1.29, 1.82) is 0 Å². The molecule has 0 saturated carbocycles. The van der Waals surface area contributed by atoms with Crippen LogP contribution in [0.5, 0.6) is 5.75 Å². The Kier molecular flexibility index (Phi) is 4.44. The van der Waals surface area contributed by atoms with Gasteiger partial charge >= 0.3 is 0 Å². The van der Waals surface area contributed by atoms with Crippen molar-refractivity contribution in [2.24, 2.45) is 0 Å². The lowest BCUT2D eigenvalue weighted by Crippen LogP contribution is -2.46. The largest absolute Gasteiger partial charge is 0.494 e. The third kappa shape index (κ3) is 3.14. The molecule has 1 aliphatic rings. The fraction of sp³-hybridized carbons (Fsp3) is 0.316. The lowest BCUT2D eigenvalue weighted by Gasteiger charge is -2.36. The van der Waals surface area contributed by atoms with Gasteiger partial charge in [0.1, 0.15) is 11.3 Å². The van der Waals surface area contributed by atoms with Gasteiger partial charge in [-0.05, 0) is 36.8 Å². The maximum atomic E-state index is 6.34. The summed E-state index contributed by atoms with van der Waals surface area (Å²) in [6, 6.07) is 12.4. The Bertz CT molecular complexity index is 903. The zero-order valence-corrected chi connectivity index (χ0v) is 15.9. The van der Waals surface area contributed by atoms with Crippen LogP contribution in [0.2, 0.25) is 5.02 Å². The SMILES string of the molecule is COc1ccc(Cl)c2sc(N3CCN(c4cccc(C)c4)CC3)nc12. The number of aromatic nitrogens is 1. The number of nitrogens with zero attached hydrogens (tertiary/aromatic N) is 3. The summed E-state index contributed by atoms with van der Waals surface area (Å²) in [7, 11) is 1.67. The van der Waals surface area contributed by atoms with E-state index in [0.29, 0.717) is 0 Å². The molecule has 0 atom stereocenters. The highest BCUT2D eigenvalue weighted by molar-refractivity contribution is 7.22. The van der Waals surface area contributed by atoms with E-state index in [4.69, 9.17) is 21.3 Å². The van der Waals surface area contributed by atoms with E-state index in [0.717, 1.165) is 52.3 Å². The van der Waals surface area contributed by atoms with Crippen molar-refractivity contribution in [1.82, 2.24) is 4.98 Å².